The average Bonchev–Trinajstić information content (AvgIpc) is 3.34. The van der Waals surface area contributed by atoms with Crippen molar-refractivity contribution in [2.75, 3.05) is 20.2 Å². The minimum atomic E-state index is -0.698. The van der Waals surface area contributed by atoms with Crippen molar-refractivity contribution < 1.29 is 23.9 Å². The van der Waals surface area contributed by atoms with Crippen LogP contribution in [0.1, 0.15) is 51.0 Å². The summed E-state index contributed by atoms with van der Waals surface area (Å²) in [4.78, 5) is 38.1. The maximum atomic E-state index is 12.6. The molecule has 0 aromatic heterocycles. The molecule has 1 aromatic carbocycles. The third-order valence-corrected chi connectivity index (χ3v) is 7.05. The van der Waals surface area contributed by atoms with E-state index in [1.54, 1.807) is 30.0 Å². The van der Waals surface area contributed by atoms with Gasteiger partial charge >= 0.3 is 5.97 Å². The normalized spacial score (nSPS) is 18.4. The number of carbonyl (C=O) groups is 3. The lowest BCUT2D eigenvalue weighted by Gasteiger charge is -2.31. The molecule has 0 bridgehead atoms. The van der Waals surface area contributed by atoms with Crippen LogP contribution in [0.25, 0.3) is 6.08 Å². The van der Waals surface area contributed by atoms with Crippen LogP contribution < -0.4 is 10.1 Å². The number of hydrogen-bond donors (Lipinski definition) is 1. The first-order valence-electron chi connectivity index (χ1n) is 11.3. The number of piperidine rings is 1. The van der Waals surface area contributed by atoms with E-state index < -0.39 is 12.0 Å². The van der Waals surface area contributed by atoms with Crippen molar-refractivity contribution in [3.8, 4) is 5.75 Å². The largest absolute Gasteiger partial charge is 0.489 e. The number of carbonyl (C=O) groups excluding carboxylic acids is 3. The van der Waals surface area contributed by atoms with E-state index in [1.807, 2.05) is 0 Å². The Hall–Kier alpha value is -2.25. The molecule has 1 heterocycles. The quantitative estimate of drug-likeness (QED) is 0.450. The van der Waals surface area contributed by atoms with Crippen LogP contribution in [0, 0.1) is 5.92 Å². The molecule has 1 aromatic rings. The van der Waals surface area contributed by atoms with Gasteiger partial charge in [0.2, 0.25) is 11.8 Å². The highest BCUT2D eigenvalue weighted by atomic mass is 35.5. The van der Waals surface area contributed by atoms with E-state index in [2.05, 4.69) is 10.1 Å². The highest BCUT2D eigenvalue weighted by Crippen LogP contribution is 2.37. The standard InChI is InChI=1S/C24H30Cl2N2O5/c1-15(24(31)32-2)27-23(30)17-11-13-28(14-12-17)20(29)10-8-16-7-9-19(22(26)21(16)25)33-18-5-3-4-6-18/h7-10,15,17-18H,3-6,11-14H2,1-2H3,(H,27,30)/b10-8+. The lowest BCUT2D eigenvalue weighted by Crippen LogP contribution is -2.46. The summed E-state index contributed by atoms with van der Waals surface area (Å²) in [6, 6.07) is 2.88. The number of nitrogens with one attached hydrogen (secondary N) is 1. The van der Waals surface area contributed by atoms with Gasteiger partial charge in [-0.3, -0.25) is 9.59 Å². The number of amides is 2. The zero-order valence-corrected chi connectivity index (χ0v) is 20.5. The Balaban J connectivity index is 1.52. The summed E-state index contributed by atoms with van der Waals surface area (Å²) >= 11 is 12.8. The van der Waals surface area contributed by atoms with Crippen LogP contribution in [0.4, 0.5) is 0 Å². The number of methoxy groups -OCH3 is 1. The smallest absolute Gasteiger partial charge is 0.328 e. The predicted molar refractivity (Wildman–Crippen MR) is 127 cm³/mol. The first-order valence-corrected chi connectivity index (χ1v) is 12.1. The van der Waals surface area contributed by atoms with Gasteiger partial charge in [-0.15, -0.1) is 0 Å². The SMILES string of the molecule is COC(=O)C(C)NC(=O)C1CCN(C(=O)/C=C/c2ccc(OC3CCCC3)c(Cl)c2Cl)CC1. The number of hydrogen-bond acceptors (Lipinski definition) is 5. The summed E-state index contributed by atoms with van der Waals surface area (Å²) in [6.45, 7) is 2.49. The third kappa shape index (κ3) is 6.64. The molecule has 2 aliphatic rings. The number of nitrogens with zero attached hydrogens (tertiary/aromatic N) is 1. The van der Waals surface area contributed by atoms with Crippen molar-refractivity contribution in [2.45, 2.75) is 57.6 Å². The third-order valence-electron chi connectivity index (χ3n) is 6.17. The van der Waals surface area contributed by atoms with E-state index in [0.29, 0.717) is 47.3 Å². The van der Waals surface area contributed by atoms with Crippen molar-refractivity contribution in [1.82, 2.24) is 10.2 Å². The Morgan fingerprint density at radius 2 is 1.76 bits per heavy atom. The monoisotopic (exact) mass is 496 g/mol. The zero-order valence-electron chi connectivity index (χ0n) is 18.9. The highest BCUT2D eigenvalue weighted by molar-refractivity contribution is 6.43. The van der Waals surface area contributed by atoms with Gasteiger partial charge in [0.1, 0.15) is 16.8 Å². The van der Waals surface area contributed by atoms with Gasteiger partial charge in [0.15, 0.2) is 0 Å². The Morgan fingerprint density at radius 3 is 2.39 bits per heavy atom. The molecule has 1 atom stereocenters. The van der Waals surface area contributed by atoms with Crippen LogP contribution in [0.3, 0.4) is 0 Å². The zero-order chi connectivity index (χ0) is 24.0. The average molecular weight is 497 g/mol. The predicted octanol–water partition coefficient (Wildman–Crippen LogP) is 4.24. The summed E-state index contributed by atoms with van der Waals surface area (Å²) in [6.07, 6.45) is 8.70. The lowest BCUT2D eigenvalue weighted by atomic mass is 9.95. The molecule has 2 amide bonds. The summed E-state index contributed by atoms with van der Waals surface area (Å²) in [5.74, 6) is -0.519. The molecular weight excluding hydrogens is 467 g/mol. The lowest BCUT2D eigenvalue weighted by molar-refractivity contribution is -0.145. The fraction of sp³-hybridized carbons (Fsp3) is 0.542. The van der Waals surface area contributed by atoms with Crippen molar-refractivity contribution >= 4 is 47.1 Å². The van der Waals surface area contributed by atoms with E-state index in [-0.39, 0.29) is 23.8 Å². The number of likely N-dealkylation sites (tertiary alicyclic amines) is 1. The first kappa shape index (κ1) is 25.4. The second kappa shape index (κ2) is 11.7. The van der Waals surface area contributed by atoms with Gasteiger partial charge in [0.05, 0.1) is 18.2 Å². The maximum absolute atomic E-state index is 12.6. The molecule has 1 unspecified atom stereocenters. The molecule has 0 spiro atoms. The van der Waals surface area contributed by atoms with E-state index in [9.17, 15) is 14.4 Å². The van der Waals surface area contributed by atoms with Gasteiger partial charge in [-0.2, -0.15) is 0 Å². The minimum absolute atomic E-state index is 0.157. The summed E-state index contributed by atoms with van der Waals surface area (Å²) < 4.78 is 10.6. The van der Waals surface area contributed by atoms with E-state index in [0.717, 1.165) is 25.7 Å². The molecule has 1 aliphatic heterocycles. The fourth-order valence-electron chi connectivity index (χ4n) is 4.15. The molecule has 2 fully saturated rings. The van der Waals surface area contributed by atoms with Crippen molar-refractivity contribution in [3.05, 3.63) is 33.8 Å². The van der Waals surface area contributed by atoms with Crippen LogP contribution in [0.2, 0.25) is 10.0 Å². The second-order valence-electron chi connectivity index (χ2n) is 8.49. The van der Waals surface area contributed by atoms with Gasteiger partial charge < -0.3 is 19.7 Å². The van der Waals surface area contributed by atoms with Gasteiger partial charge in [0, 0.05) is 25.1 Å². The Bertz CT molecular complexity index is 906. The molecule has 7 nitrogen and oxygen atoms in total. The number of ether oxygens (including phenoxy) is 2. The number of halogens is 2. The first-order chi connectivity index (χ1) is 15.8. The molecule has 180 valence electrons. The van der Waals surface area contributed by atoms with Gasteiger partial charge in [-0.05, 0) is 69.2 Å². The summed E-state index contributed by atoms with van der Waals surface area (Å²) in [5, 5.41) is 3.37. The van der Waals surface area contributed by atoms with Crippen LogP contribution in [-0.4, -0.2) is 55.0 Å². The van der Waals surface area contributed by atoms with Gasteiger partial charge in [-0.1, -0.05) is 23.2 Å². The number of esters is 1. The number of benzene rings is 1. The van der Waals surface area contributed by atoms with Gasteiger partial charge in [-0.25, -0.2) is 4.79 Å². The minimum Gasteiger partial charge on any atom is -0.489 e. The maximum Gasteiger partial charge on any atom is 0.328 e. The van der Waals surface area contributed by atoms with Crippen LogP contribution in [-0.2, 0) is 19.1 Å². The van der Waals surface area contributed by atoms with E-state index >= 15 is 0 Å². The van der Waals surface area contributed by atoms with Crippen LogP contribution in [0.5, 0.6) is 5.75 Å². The summed E-state index contributed by atoms with van der Waals surface area (Å²) in [5.41, 5.74) is 0.639. The topological polar surface area (TPSA) is 84.9 Å². The van der Waals surface area contributed by atoms with Crippen molar-refractivity contribution in [2.24, 2.45) is 5.92 Å². The molecule has 1 N–H and O–H groups in total. The highest BCUT2D eigenvalue weighted by Gasteiger charge is 2.28. The Kier molecular flexibility index (Phi) is 9.03. The molecule has 33 heavy (non-hydrogen) atoms. The van der Waals surface area contributed by atoms with Crippen molar-refractivity contribution in [3.63, 3.8) is 0 Å². The molecule has 0 radical (unpaired) electrons. The van der Waals surface area contributed by atoms with Crippen molar-refractivity contribution in [1.29, 1.82) is 0 Å². The molecular formula is C24H30Cl2N2O5. The van der Waals surface area contributed by atoms with E-state index in [1.165, 1.54) is 13.2 Å². The van der Waals surface area contributed by atoms with Crippen LogP contribution in [0.15, 0.2) is 18.2 Å². The Morgan fingerprint density at radius 1 is 1.09 bits per heavy atom. The molecule has 9 heteroatoms. The molecule has 1 saturated carbocycles. The van der Waals surface area contributed by atoms with Gasteiger partial charge in [0.25, 0.3) is 0 Å². The Labute approximate surface area is 204 Å². The molecule has 1 aliphatic carbocycles. The molecule has 3 rings (SSSR count). The number of rotatable bonds is 7. The summed E-state index contributed by atoms with van der Waals surface area (Å²) in [7, 11) is 1.28. The van der Waals surface area contributed by atoms with Crippen LogP contribution >= 0.6 is 23.2 Å². The fourth-order valence-corrected chi connectivity index (χ4v) is 4.58. The molecule has 1 saturated heterocycles. The second-order valence-corrected chi connectivity index (χ2v) is 9.25. The van der Waals surface area contributed by atoms with E-state index in [4.69, 9.17) is 27.9 Å².